The van der Waals surface area contributed by atoms with E-state index in [0.29, 0.717) is 23.8 Å². The van der Waals surface area contributed by atoms with Crippen LogP contribution in [0.2, 0.25) is 0 Å². The maximum atomic E-state index is 12.3. The van der Waals surface area contributed by atoms with Gasteiger partial charge < -0.3 is 10.6 Å². The first-order chi connectivity index (χ1) is 11.7. The van der Waals surface area contributed by atoms with Crippen LogP contribution in [0.1, 0.15) is 63.2 Å². The van der Waals surface area contributed by atoms with E-state index in [2.05, 4.69) is 15.5 Å². The van der Waals surface area contributed by atoms with E-state index in [-0.39, 0.29) is 17.4 Å². The van der Waals surface area contributed by atoms with Crippen molar-refractivity contribution in [2.24, 2.45) is 0 Å². The van der Waals surface area contributed by atoms with Crippen molar-refractivity contribution in [2.45, 2.75) is 64.5 Å². The molecule has 1 aliphatic carbocycles. The highest BCUT2D eigenvalue weighted by Gasteiger charge is 2.20. The maximum Gasteiger partial charge on any atom is 0.251 e. The van der Waals surface area contributed by atoms with E-state index in [0.717, 1.165) is 0 Å². The topological polar surface area (TPSA) is 61.4 Å². The molecule has 1 aromatic carbocycles. The summed E-state index contributed by atoms with van der Waals surface area (Å²) in [4.78, 5) is 26.7. The Labute approximate surface area is 151 Å². The van der Waals surface area contributed by atoms with Gasteiger partial charge in [-0.25, -0.2) is 0 Å². The third-order valence-corrected chi connectivity index (χ3v) is 4.49. The maximum absolute atomic E-state index is 12.3. The zero-order valence-corrected chi connectivity index (χ0v) is 15.9. The van der Waals surface area contributed by atoms with Gasteiger partial charge in [0.25, 0.3) is 5.91 Å². The number of anilines is 1. The number of carbonyl (C=O) groups excluding carboxylic acids is 2. The second-order valence-corrected chi connectivity index (χ2v) is 8.04. The predicted molar refractivity (Wildman–Crippen MR) is 102 cm³/mol. The van der Waals surface area contributed by atoms with E-state index in [1.165, 1.54) is 32.1 Å². The van der Waals surface area contributed by atoms with Gasteiger partial charge in [-0.3, -0.25) is 14.5 Å². The standard InChI is InChI=1S/C20H31N3O2/c1-20(2,3)22-19(25)15-9-8-10-16(13-15)21-18(24)14-23(4)17-11-6-5-7-12-17/h8-10,13,17H,5-7,11-12,14H2,1-4H3,(H,21,24)(H,22,25). The average Bonchev–Trinajstić information content (AvgIpc) is 2.54. The summed E-state index contributed by atoms with van der Waals surface area (Å²) in [5.74, 6) is -0.177. The van der Waals surface area contributed by atoms with Crippen LogP contribution in [-0.2, 0) is 4.79 Å². The Morgan fingerprint density at radius 3 is 2.48 bits per heavy atom. The van der Waals surface area contributed by atoms with Gasteiger partial charge in [-0.1, -0.05) is 25.3 Å². The van der Waals surface area contributed by atoms with E-state index in [1.54, 1.807) is 18.2 Å². The largest absolute Gasteiger partial charge is 0.347 e. The Balaban J connectivity index is 1.92. The van der Waals surface area contributed by atoms with Crippen LogP contribution >= 0.6 is 0 Å². The van der Waals surface area contributed by atoms with Gasteiger partial charge in [0.2, 0.25) is 5.91 Å². The first-order valence-electron chi connectivity index (χ1n) is 9.17. The smallest absolute Gasteiger partial charge is 0.251 e. The lowest BCUT2D eigenvalue weighted by Crippen LogP contribution is -2.40. The fourth-order valence-corrected chi connectivity index (χ4v) is 3.23. The monoisotopic (exact) mass is 345 g/mol. The minimum Gasteiger partial charge on any atom is -0.347 e. The molecular weight excluding hydrogens is 314 g/mol. The van der Waals surface area contributed by atoms with Crippen molar-refractivity contribution >= 4 is 17.5 Å². The number of hydrogen-bond donors (Lipinski definition) is 2. The average molecular weight is 345 g/mol. The molecule has 1 aliphatic rings. The van der Waals surface area contributed by atoms with Crippen LogP contribution in [-0.4, -0.2) is 41.9 Å². The molecule has 0 heterocycles. The van der Waals surface area contributed by atoms with Crippen LogP contribution in [0, 0.1) is 0 Å². The Bertz CT molecular complexity index is 601. The molecule has 5 heteroatoms. The molecule has 1 aromatic rings. The summed E-state index contributed by atoms with van der Waals surface area (Å²) >= 11 is 0. The highest BCUT2D eigenvalue weighted by molar-refractivity contribution is 5.97. The van der Waals surface area contributed by atoms with Crippen molar-refractivity contribution in [2.75, 3.05) is 18.9 Å². The van der Waals surface area contributed by atoms with Crippen molar-refractivity contribution in [1.82, 2.24) is 10.2 Å². The zero-order chi connectivity index (χ0) is 18.4. The molecule has 2 N–H and O–H groups in total. The third-order valence-electron chi connectivity index (χ3n) is 4.49. The van der Waals surface area contributed by atoms with Crippen LogP contribution in [0.4, 0.5) is 5.69 Å². The van der Waals surface area contributed by atoms with Crippen LogP contribution < -0.4 is 10.6 Å². The number of carbonyl (C=O) groups is 2. The molecule has 0 unspecified atom stereocenters. The molecule has 1 fully saturated rings. The minimum absolute atomic E-state index is 0.0403. The number of benzene rings is 1. The van der Waals surface area contributed by atoms with Crippen molar-refractivity contribution in [3.8, 4) is 0 Å². The lowest BCUT2D eigenvalue weighted by molar-refractivity contribution is -0.117. The number of amides is 2. The van der Waals surface area contributed by atoms with Gasteiger partial charge in [0.05, 0.1) is 6.54 Å². The van der Waals surface area contributed by atoms with Crippen LogP contribution in [0.15, 0.2) is 24.3 Å². The van der Waals surface area contributed by atoms with E-state index in [9.17, 15) is 9.59 Å². The molecule has 5 nitrogen and oxygen atoms in total. The zero-order valence-electron chi connectivity index (χ0n) is 15.9. The fourth-order valence-electron chi connectivity index (χ4n) is 3.23. The molecule has 0 aromatic heterocycles. The molecule has 0 saturated heterocycles. The molecule has 1 saturated carbocycles. The summed E-state index contributed by atoms with van der Waals surface area (Å²) in [6.45, 7) is 6.20. The first kappa shape index (κ1) is 19.4. The summed E-state index contributed by atoms with van der Waals surface area (Å²) in [5.41, 5.74) is 0.913. The summed E-state index contributed by atoms with van der Waals surface area (Å²) < 4.78 is 0. The molecule has 2 rings (SSSR count). The van der Waals surface area contributed by atoms with Gasteiger partial charge in [0.1, 0.15) is 0 Å². The van der Waals surface area contributed by atoms with Crippen LogP contribution in [0.5, 0.6) is 0 Å². The molecule has 0 atom stereocenters. The SMILES string of the molecule is CN(CC(=O)Nc1cccc(C(=O)NC(C)(C)C)c1)C1CCCCC1. The number of hydrogen-bond acceptors (Lipinski definition) is 3. The summed E-state index contributed by atoms with van der Waals surface area (Å²) in [7, 11) is 2.02. The Morgan fingerprint density at radius 1 is 1.16 bits per heavy atom. The highest BCUT2D eigenvalue weighted by Crippen LogP contribution is 2.21. The van der Waals surface area contributed by atoms with Gasteiger partial charge >= 0.3 is 0 Å². The van der Waals surface area contributed by atoms with Crippen molar-refractivity contribution in [1.29, 1.82) is 0 Å². The molecule has 0 spiro atoms. The third kappa shape index (κ3) is 6.50. The van der Waals surface area contributed by atoms with Crippen molar-refractivity contribution < 1.29 is 9.59 Å². The number of nitrogens with one attached hydrogen (secondary N) is 2. The number of rotatable bonds is 5. The Hall–Kier alpha value is -1.88. The van der Waals surface area contributed by atoms with Gasteiger partial charge in [-0.15, -0.1) is 0 Å². The lowest BCUT2D eigenvalue weighted by Gasteiger charge is -2.30. The summed E-state index contributed by atoms with van der Waals surface area (Å²) in [5, 5.41) is 5.84. The van der Waals surface area contributed by atoms with E-state index in [1.807, 2.05) is 33.9 Å². The van der Waals surface area contributed by atoms with Crippen molar-refractivity contribution in [3.05, 3.63) is 29.8 Å². The van der Waals surface area contributed by atoms with E-state index >= 15 is 0 Å². The van der Waals surface area contributed by atoms with Gasteiger partial charge in [0, 0.05) is 22.8 Å². The lowest BCUT2D eigenvalue weighted by atomic mass is 9.94. The van der Waals surface area contributed by atoms with Crippen LogP contribution in [0.3, 0.4) is 0 Å². The predicted octanol–water partition coefficient (Wildman–Crippen LogP) is 3.42. The van der Waals surface area contributed by atoms with Crippen LogP contribution in [0.25, 0.3) is 0 Å². The molecule has 25 heavy (non-hydrogen) atoms. The second-order valence-electron chi connectivity index (χ2n) is 8.04. The minimum atomic E-state index is -0.293. The molecule has 138 valence electrons. The normalized spacial score (nSPS) is 15.9. The second kappa shape index (κ2) is 8.48. The number of likely N-dealkylation sites (N-methyl/N-ethyl adjacent to an activating group) is 1. The molecule has 0 aliphatic heterocycles. The molecule has 0 bridgehead atoms. The van der Waals surface area contributed by atoms with Gasteiger partial charge in [0.15, 0.2) is 0 Å². The quantitative estimate of drug-likeness (QED) is 0.859. The molecular formula is C20H31N3O2. The summed E-state index contributed by atoms with van der Waals surface area (Å²) in [6, 6.07) is 7.58. The Kier molecular flexibility index (Phi) is 6.59. The van der Waals surface area contributed by atoms with Crippen molar-refractivity contribution in [3.63, 3.8) is 0 Å². The highest BCUT2D eigenvalue weighted by atomic mass is 16.2. The van der Waals surface area contributed by atoms with E-state index in [4.69, 9.17) is 0 Å². The summed E-state index contributed by atoms with van der Waals surface area (Å²) in [6.07, 6.45) is 6.15. The van der Waals surface area contributed by atoms with Gasteiger partial charge in [-0.2, -0.15) is 0 Å². The Morgan fingerprint density at radius 2 is 1.84 bits per heavy atom. The molecule has 2 amide bonds. The number of nitrogens with zero attached hydrogens (tertiary/aromatic N) is 1. The molecule has 0 radical (unpaired) electrons. The van der Waals surface area contributed by atoms with Gasteiger partial charge in [-0.05, 0) is 58.9 Å². The fraction of sp³-hybridized carbons (Fsp3) is 0.600. The first-order valence-corrected chi connectivity index (χ1v) is 9.17. The van der Waals surface area contributed by atoms with E-state index < -0.39 is 0 Å².